The smallest absolute Gasteiger partial charge is 0.255 e. The Morgan fingerprint density at radius 2 is 2.24 bits per heavy atom. The van der Waals surface area contributed by atoms with E-state index in [2.05, 4.69) is 5.32 Å². The molecule has 1 saturated heterocycles. The van der Waals surface area contributed by atoms with E-state index in [1.165, 1.54) is 0 Å². The minimum absolute atomic E-state index is 0.0236. The number of carbonyl (C=O) groups is 1. The van der Waals surface area contributed by atoms with Gasteiger partial charge in [-0.15, -0.1) is 0 Å². The molecular weight excluding hydrogens is 270 g/mol. The number of fused-ring (bicyclic) bond motifs is 1. The molecule has 0 saturated carbocycles. The molecule has 1 aromatic carbocycles. The van der Waals surface area contributed by atoms with Crippen LogP contribution < -0.4 is 10.1 Å². The Labute approximate surface area is 124 Å². The number of carbonyl (C=O) groups excluding carboxylic acids is 1. The number of hydrogen-bond acceptors (Lipinski definition) is 4. The van der Waals surface area contributed by atoms with Crippen LogP contribution in [0.15, 0.2) is 24.3 Å². The molecular formula is C16H21NO4. The van der Waals surface area contributed by atoms with Crippen molar-refractivity contribution in [2.75, 3.05) is 19.8 Å². The molecule has 5 nitrogen and oxygen atoms in total. The van der Waals surface area contributed by atoms with Crippen LogP contribution in [0, 0.1) is 0 Å². The van der Waals surface area contributed by atoms with E-state index in [0.29, 0.717) is 26.2 Å². The molecule has 3 rings (SSSR count). The lowest BCUT2D eigenvalue weighted by atomic mass is 10.00. The predicted molar refractivity (Wildman–Crippen MR) is 77.2 cm³/mol. The first-order valence-corrected chi connectivity index (χ1v) is 7.39. The number of ether oxygens (including phenoxy) is 3. The van der Waals surface area contributed by atoms with E-state index in [9.17, 15) is 4.79 Å². The maximum absolute atomic E-state index is 12.7. The second-order valence-corrected chi connectivity index (χ2v) is 5.84. The number of rotatable bonds is 4. The van der Waals surface area contributed by atoms with Crippen LogP contribution in [-0.4, -0.2) is 37.4 Å². The fourth-order valence-corrected chi connectivity index (χ4v) is 2.89. The van der Waals surface area contributed by atoms with Gasteiger partial charge in [-0.1, -0.05) is 18.2 Å². The quantitative estimate of drug-likeness (QED) is 0.919. The minimum atomic E-state index is -0.869. The lowest BCUT2D eigenvalue weighted by molar-refractivity contribution is -0.154. The average molecular weight is 291 g/mol. The topological polar surface area (TPSA) is 56.8 Å². The number of benzene rings is 1. The maximum Gasteiger partial charge on any atom is 0.255 e. The first-order chi connectivity index (χ1) is 10.1. The molecule has 1 aromatic rings. The van der Waals surface area contributed by atoms with Crippen LogP contribution in [0.3, 0.4) is 0 Å². The van der Waals surface area contributed by atoms with E-state index in [4.69, 9.17) is 14.2 Å². The van der Waals surface area contributed by atoms with Gasteiger partial charge in [-0.2, -0.15) is 0 Å². The molecule has 1 fully saturated rings. The summed E-state index contributed by atoms with van der Waals surface area (Å²) in [7, 11) is 0. The van der Waals surface area contributed by atoms with Gasteiger partial charge in [0.25, 0.3) is 5.91 Å². The fourth-order valence-electron chi connectivity index (χ4n) is 2.89. The van der Waals surface area contributed by atoms with Crippen molar-refractivity contribution in [3.63, 3.8) is 0 Å². The molecule has 5 heteroatoms. The molecule has 0 bridgehead atoms. The highest BCUT2D eigenvalue weighted by atomic mass is 16.6. The molecule has 2 aliphatic rings. The van der Waals surface area contributed by atoms with Crippen molar-refractivity contribution in [2.24, 2.45) is 0 Å². The van der Waals surface area contributed by atoms with Crippen LogP contribution >= 0.6 is 0 Å². The lowest BCUT2D eigenvalue weighted by Gasteiger charge is -2.30. The molecule has 114 valence electrons. The van der Waals surface area contributed by atoms with Crippen LogP contribution in [0.5, 0.6) is 5.75 Å². The molecule has 1 amide bonds. The monoisotopic (exact) mass is 291 g/mol. The van der Waals surface area contributed by atoms with Gasteiger partial charge in [0, 0.05) is 12.0 Å². The highest BCUT2D eigenvalue weighted by Crippen LogP contribution is 2.33. The van der Waals surface area contributed by atoms with Gasteiger partial charge in [0.2, 0.25) is 0 Å². The predicted octanol–water partition coefficient (Wildman–Crippen LogP) is 1.82. The second-order valence-electron chi connectivity index (χ2n) is 5.84. The summed E-state index contributed by atoms with van der Waals surface area (Å²) in [6.07, 6.45) is 0.566. The van der Waals surface area contributed by atoms with Gasteiger partial charge in [-0.3, -0.25) is 4.79 Å². The third-order valence-electron chi connectivity index (χ3n) is 3.87. The van der Waals surface area contributed by atoms with Crippen LogP contribution in [0.2, 0.25) is 0 Å². The summed E-state index contributed by atoms with van der Waals surface area (Å²) < 4.78 is 16.9. The maximum atomic E-state index is 12.7. The fraction of sp³-hybridized carbons (Fsp3) is 0.562. The van der Waals surface area contributed by atoms with Crippen molar-refractivity contribution < 1.29 is 19.0 Å². The molecule has 21 heavy (non-hydrogen) atoms. The van der Waals surface area contributed by atoms with Crippen molar-refractivity contribution in [3.05, 3.63) is 29.8 Å². The molecule has 2 heterocycles. The third-order valence-corrected chi connectivity index (χ3v) is 3.87. The number of para-hydroxylation sites is 1. The zero-order chi connectivity index (χ0) is 14.9. The van der Waals surface area contributed by atoms with Gasteiger partial charge in [0.05, 0.1) is 25.4 Å². The molecule has 0 radical (unpaired) electrons. The molecule has 2 atom stereocenters. The summed E-state index contributed by atoms with van der Waals surface area (Å²) in [5.74, 6) is 0.725. The SMILES string of the molecule is CC(C)O[C@@]1(C(=O)N[C@H]2COc3ccccc32)CCOC1. The van der Waals surface area contributed by atoms with Gasteiger partial charge >= 0.3 is 0 Å². The summed E-state index contributed by atoms with van der Waals surface area (Å²) in [6.45, 7) is 5.19. The summed E-state index contributed by atoms with van der Waals surface area (Å²) in [5.41, 5.74) is 0.149. The Hall–Kier alpha value is -1.59. The molecule has 0 spiro atoms. The Bertz CT molecular complexity index is 523. The normalized spacial score (nSPS) is 27.5. The largest absolute Gasteiger partial charge is 0.491 e. The van der Waals surface area contributed by atoms with Crippen molar-refractivity contribution in [3.8, 4) is 5.75 Å². The van der Waals surface area contributed by atoms with Crippen molar-refractivity contribution in [1.29, 1.82) is 0 Å². The molecule has 1 N–H and O–H groups in total. The first kappa shape index (κ1) is 14.4. The van der Waals surface area contributed by atoms with Gasteiger partial charge in [-0.25, -0.2) is 0 Å². The highest BCUT2D eigenvalue weighted by molar-refractivity contribution is 5.86. The average Bonchev–Trinajstić information content (AvgIpc) is 3.07. The second kappa shape index (κ2) is 5.66. The minimum Gasteiger partial charge on any atom is -0.491 e. The van der Waals surface area contributed by atoms with Crippen LogP contribution in [0.25, 0.3) is 0 Å². The Balaban J connectivity index is 1.74. The molecule has 2 aliphatic heterocycles. The Morgan fingerprint density at radius 1 is 1.43 bits per heavy atom. The van der Waals surface area contributed by atoms with Crippen LogP contribution in [0.4, 0.5) is 0 Å². The van der Waals surface area contributed by atoms with Crippen LogP contribution in [0.1, 0.15) is 31.9 Å². The van der Waals surface area contributed by atoms with E-state index in [0.717, 1.165) is 11.3 Å². The zero-order valence-electron chi connectivity index (χ0n) is 12.4. The van der Waals surface area contributed by atoms with Gasteiger partial charge in [0.15, 0.2) is 5.60 Å². The standard InChI is InChI=1S/C16H21NO4/c1-11(2)21-16(7-8-19-10-16)15(18)17-13-9-20-14-6-4-3-5-12(13)14/h3-6,11,13H,7-10H2,1-2H3,(H,17,18)/t13-,16-/m0/s1. The van der Waals surface area contributed by atoms with Gasteiger partial charge in [-0.05, 0) is 19.9 Å². The van der Waals surface area contributed by atoms with E-state index in [-0.39, 0.29) is 18.1 Å². The summed E-state index contributed by atoms with van der Waals surface area (Å²) in [6, 6.07) is 7.65. The number of amides is 1. The summed E-state index contributed by atoms with van der Waals surface area (Å²) >= 11 is 0. The first-order valence-electron chi connectivity index (χ1n) is 7.39. The Kier molecular flexibility index (Phi) is 3.87. The molecule has 0 aromatic heterocycles. The summed E-state index contributed by atoms with van der Waals surface area (Å²) in [4.78, 5) is 12.7. The zero-order valence-corrected chi connectivity index (χ0v) is 12.4. The Morgan fingerprint density at radius 3 is 2.95 bits per heavy atom. The van der Waals surface area contributed by atoms with Crippen LogP contribution in [-0.2, 0) is 14.3 Å². The van der Waals surface area contributed by atoms with E-state index < -0.39 is 5.60 Å². The van der Waals surface area contributed by atoms with Crippen molar-refractivity contribution >= 4 is 5.91 Å². The van der Waals surface area contributed by atoms with E-state index in [1.807, 2.05) is 38.1 Å². The molecule has 0 aliphatic carbocycles. The summed E-state index contributed by atoms with van der Waals surface area (Å²) in [5, 5.41) is 3.05. The van der Waals surface area contributed by atoms with E-state index >= 15 is 0 Å². The van der Waals surface area contributed by atoms with Gasteiger partial charge in [0.1, 0.15) is 12.4 Å². The lowest BCUT2D eigenvalue weighted by Crippen LogP contribution is -2.51. The number of nitrogens with one attached hydrogen (secondary N) is 1. The number of hydrogen-bond donors (Lipinski definition) is 1. The molecule has 0 unspecified atom stereocenters. The van der Waals surface area contributed by atoms with Crippen molar-refractivity contribution in [1.82, 2.24) is 5.32 Å². The van der Waals surface area contributed by atoms with Gasteiger partial charge < -0.3 is 19.5 Å². The van der Waals surface area contributed by atoms with E-state index in [1.54, 1.807) is 0 Å². The third kappa shape index (κ3) is 2.76. The van der Waals surface area contributed by atoms with Crippen molar-refractivity contribution in [2.45, 2.75) is 38.0 Å². The highest BCUT2D eigenvalue weighted by Gasteiger charge is 2.45.